The zero-order chi connectivity index (χ0) is 19.0. The van der Waals surface area contributed by atoms with Gasteiger partial charge in [0.25, 0.3) is 5.91 Å². The first kappa shape index (κ1) is 17.0. The van der Waals surface area contributed by atoms with Gasteiger partial charge in [-0.05, 0) is 53.2 Å². The zero-order valence-corrected chi connectivity index (χ0v) is 14.4. The largest absolute Gasteiger partial charge is 0.439 e. The lowest BCUT2D eigenvalue weighted by atomic mass is 10.1. The molecule has 3 aromatic carbocycles. The van der Waals surface area contributed by atoms with E-state index in [1.54, 1.807) is 42.5 Å². The van der Waals surface area contributed by atoms with Crippen LogP contribution in [0.15, 0.2) is 63.9 Å². The van der Waals surface area contributed by atoms with Crippen LogP contribution < -0.4 is 11.1 Å². The molecule has 0 fully saturated rings. The monoisotopic (exact) mass is 383 g/mol. The van der Waals surface area contributed by atoms with Crippen LogP contribution in [0.4, 0.5) is 10.1 Å². The second-order valence-electron chi connectivity index (χ2n) is 5.79. The molecule has 4 aromatic rings. The Kier molecular flexibility index (Phi) is 4.21. The highest BCUT2D eigenvalue weighted by atomic mass is 35.5. The number of nitrogens with one attached hydrogen (secondary N) is 2. The highest BCUT2D eigenvalue weighted by molar-refractivity contribution is 6.31. The number of fused-ring (bicyclic) bond motifs is 1. The SMILES string of the molecule is O=C(Nc1ccc(Cl)cc1-c1noc(=O)[nH]1)c1ccc2cc(F)ccc2c1. The smallest absolute Gasteiger partial charge is 0.321 e. The second-order valence-corrected chi connectivity index (χ2v) is 6.23. The molecule has 0 bridgehead atoms. The fourth-order valence-electron chi connectivity index (χ4n) is 2.72. The van der Waals surface area contributed by atoms with Gasteiger partial charge in [-0.25, -0.2) is 9.18 Å². The summed E-state index contributed by atoms with van der Waals surface area (Å²) < 4.78 is 17.8. The van der Waals surface area contributed by atoms with Crippen LogP contribution in [0, 0.1) is 5.82 Å². The van der Waals surface area contributed by atoms with Crippen molar-refractivity contribution in [3.05, 3.63) is 81.6 Å². The molecule has 0 spiro atoms. The Labute approximate surface area is 156 Å². The highest BCUT2D eigenvalue weighted by Crippen LogP contribution is 2.29. The third kappa shape index (κ3) is 3.45. The van der Waals surface area contributed by atoms with E-state index in [4.69, 9.17) is 11.6 Å². The third-order valence-electron chi connectivity index (χ3n) is 3.99. The van der Waals surface area contributed by atoms with Crippen molar-refractivity contribution in [2.24, 2.45) is 0 Å². The van der Waals surface area contributed by atoms with Gasteiger partial charge in [-0.1, -0.05) is 28.9 Å². The number of amides is 1. The van der Waals surface area contributed by atoms with Gasteiger partial charge in [0.15, 0.2) is 5.82 Å². The molecule has 0 saturated heterocycles. The fraction of sp³-hybridized carbons (Fsp3) is 0. The molecule has 0 aliphatic heterocycles. The molecular weight excluding hydrogens is 373 g/mol. The minimum absolute atomic E-state index is 0.145. The number of hydrogen-bond acceptors (Lipinski definition) is 4. The number of halogens is 2. The first-order chi connectivity index (χ1) is 13.0. The summed E-state index contributed by atoms with van der Waals surface area (Å²) in [7, 11) is 0. The van der Waals surface area contributed by atoms with Gasteiger partial charge in [-0.2, -0.15) is 0 Å². The minimum Gasteiger partial charge on any atom is -0.321 e. The van der Waals surface area contributed by atoms with E-state index in [2.05, 4.69) is 20.0 Å². The summed E-state index contributed by atoms with van der Waals surface area (Å²) in [5.74, 6) is -1.29. The van der Waals surface area contributed by atoms with E-state index >= 15 is 0 Å². The number of carbonyl (C=O) groups excluding carboxylic acids is 1. The molecule has 0 atom stereocenters. The van der Waals surface area contributed by atoms with Crippen molar-refractivity contribution in [2.75, 3.05) is 5.32 Å². The summed E-state index contributed by atoms with van der Waals surface area (Å²) in [5.41, 5.74) is 1.20. The molecule has 6 nitrogen and oxygen atoms in total. The molecule has 4 rings (SSSR count). The van der Waals surface area contributed by atoms with Gasteiger partial charge < -0.3 is 5.32 Å². The molecule has 1 amide bonds. The van der Waals surface area contributed by atoms with Crippen LogP contribution in [-0.4, -0.2) is 16.0 Å². The summed E-state index contributed by atoms with van der Waals surface area (Å²) in [6.07, 6.45) is 0. The molecule has 134 valence electrons. The molecule has 0 aliphatic rings. The van der Waals surface area contributed by atoms with Gasteiger partial charge in [0.05, 0.1) is 5.69 Å². The molecule has 1 aromatic heterocycles. The maximum Gasteiger partial charge on any atom is 0.439 e. The maximum atomic E-state index is 13.3. The van der Waals surface area contributed by atoms with E-state index < -0.39 is 5.76 Å². The normalized spacial score (nSPS) is 10.9. The van der Waals surface area contributed by atoms with Crippen LogP contribution in [0.1, 0.15) is 10.4 Å². The van der Waals surface area contributed by atoms with Crippen LogP contribution in [0.5, 0.6) is 0 Å². The molecule has 2 N–H and O–H groups in total. The zero-order valence-electron chi connectivity index (χ0n) is 13.6. The quantitative estimate of drug-likeness (QED) is 0.554. The lowest BCUT2D eigenvalue weighted by molar-refractivity contribution is 0.102. The van der Waals surface area contributed by atoms with Crippen molar-refractivity contribution in [1.29, 1.82) is 0 Å². The van der Waals surface area contributed by atoms with Crippen LogP contribution >= 0.6 is 11.6 Å². The summed E-state index contributed by atoms with van der Waals surface area (Å²) in [5, 5.41) is 8.22. The number of benzene rings is 3. The summed E-state index contributed by atoms with van der Waals surface area (Å²) in [4.78, 5) is 26.3. The first-order valence-corrected chi connectivity index (χ1v) is 8.24. The predicted molar refractivity (Wildman–Crippen MR) is 99.4 cm³/mol. The Hall–Kier alpha value is -3.45. The lowest BCUT2D eigenvalue weighted by Crippen LogP contribution is -2.12. The van der Waals surface area contributed by atoms with Crippen LogP contribution in [-0.2, 0) is 0 Å². The Balaban J connectivity index is 1.69. The standard InChI is InChI=1S/C19H11ClFN3O3/c20-13-4-6-16(15(9-13)17-23-19(26)27-24-17)22-18(25)12-2-1-11-8-14(21)5-3-10(11)7-12/h1-9H,(H,22,25)(H,23,24,26). The number of aromatic nitrogens is 2. The Morgan fingerprint density at radius 3 is 2.63 bits per heavy atom. The van der Waals surface area contributed by atoms with Crippen LogP contribution in [0.25, 0.3) is 22.2 Å². The van der Waals surface area contributed by atoms with Crippen molar-refractivity contribution in [1.82, 2.24) is 10.1 Å². The van der Waals surface area contributed by atoms with Crippen LogP contribution in [0.3, 0.4) is 0 Å². The Bertz CT molecular complexity index is 1230. The predicted octanol–water partition coefficient (Wildman–Crippen LogP) is 4.23. The Morgan fingerprint density at radius 1 is 1.07 bits per heavy atom. The van der Waals surface area contributed by atoms with E-state index in [-0.39, 0.29) is 17.5 Å². The second kappa shape index (κ2) is 6.69. The summed E-state index contributed by atoms with van der Waals surface area (Å²) in [6, 6.07) is 14.0. The van der Waals surface area contributed by atoms with Crippen molar-refractivity contribution >= 4 is 34.0 Å². The number of nitrogens with zero attached hydrogens (tertiary/aromatic N) is 1. The number of carbonyl (C=O) groups is 1. The van der Waals surface area contributed by atoms with Crippen molar-refractivity contribution in [3.63, 3.8) is 0 Å². The lowest BCUT2D eigenvalue weighted by Gasteiger charge is -2.10. The van der Waals surface area contributed by atoms with Gasteiger partial charge in [0.1, 0.15) is 5.82 Å². The summed E-state index contributed by atoms with van der Waals surface area (Å²) >= 11 is 6.01. The van der Waals surface area contributed by atoms with Crippen LogP contribution in [0.2, 0.25) is 5.02 Å². The summed E-state index contributed by atoms with van der Waals surface area (Å²) in [6.45, 7) is 0. The van der Waals surface area contributed by atoms with E-state index in [0.717, 1.165) is 5.39 Å². The third-order valence-corrected chi connectivity index (χ3v) is 4.22. The minimum atomic E-state index is -0.719. The average molecular weight is 384 g/mol. The van der Waals surface area contributed by atoms with Gasteiger partial charge in [-0.15, -0.1) is 0 Å². The van der Waals surface area contributed by atoms with Gasteiger partial charge in [0.2, 0.25) is 0 Å². The first-order valence-electron chi connectivity index (χ1n) is 7.86. The van der Waals surface area contributed by atoms with E-state index in [1.807, 2.05) is 0 Å². The molecule has 27 heavy (non-hydrogen) atoms. The van der Waals surface area contributed by atoms with E-state index in [1.165, 1.54) is 12.1 Å². The van der Waals surface area contributed by atoms with Gasteiger partial charge in [0, 0.05) is 16.1 Å². The Morgan fingerprint density at radius 2 is 1.85 bits per heavy atom. The molecule has 0 aliphatic carbocycles. The number of H-pyrrole nitrogens is 1. The molecule has 1 heterocycles. The molecular formula is C19H11ClFN3O3. The molecule has 0 unspecified atom stereocenters. The number of hydrogen-bond donors (Lipinski definition) is 2. The van der Waals surface area contributed by atoms with E-state index in [9.17, 15) is 14.0 Å². The number of rotatable bonds is 3. The molecule has 0 saturated carbocycles. The van der Waals surface area contributed by atoms with Gasteiger partial charge >= 0.3 is 5.76 Å². The van der Waals surface area contributed by atoms with Crippen molar-refractivity contribution < 1.29 is 13.7 Å². The number of aromatic amines is 1. The molecule has 0 radical (unpaired) electrons. The van der Waals surface area contributed by atoms with Crippen molar-refractivity contribution in [2.45, 2.75) is 0 Å². The molecule has 8 heteroatoms. The topological polar surface area (TPSA) is 88.0 Å². The fourth-order valence-corrected chi connectivity index (χ4v) is 2.89. The van der Waals surface area contributed by atoms with E-state index in [0.29, 0.717) is 27.2 Å². The number of anilines is 1. The maximum absolute atomic E-state index is 13.3. The highest BCUT2D eigenvalue weighted by Gasteiger charge is 2.14. The van der Waals surface area contributed by atoms with Gasteiger partial charge in [-0.3, -0.25) is 14.3 Å². The average Bonchev–Trinajstić information content (AvgIpc) is 3.09. The van der Waals surface area contributed by atoms with Crippen molar-refractivity contribution in [3.8, 4) is 11.4 Å².